The average Bonchev–Trinajstić information content (AvgIpc) is 3.99. The minimum Gasteiger partial charge on any atom is -0.386 e. The minimum atomic E-state index is -1.20. The molecule has 1 N–H and O–H groups in total. The predicted octanol–water partition coefficient (Wildman–Crippen LogP) is 10.7. The van der Waals surface area contributed by atoms with Gasteiger partial charge in [0.25, 0.3) is 5.91 Å². The Morgan fingerprint density at radius 2 is 1.05 bits per heavy atom. The summed E-state index contributed by atoms with van der Waals surface area (Å²) in [5.74, 6) is -0.109. The van der Waals surface area contributed by atoms with Crippen LogP contribution in [0.25, 0.3) is 43.6 Å². The molecule has 0 saturated carbocycles. The lowest BCUT2D eigenvalue weighted by atomic mass is 9.96. The largest absolute Gasteiger partial charge is 0.386 e. The summed E-state index contributed by atoms with van der Waals surface area (Å²) in [4.78, 5) is 16.9. The van der Waals surface area contributed by atoms with Crippen molar-refractivity contribution in [1.29, 1.82) is 0 Å². The van der Waals surface area contributed by atoms with Gasteiger partial charge in [-0.15, -0.1) is 0 Å². The highest BCUT2D eigenvalue weighted by atomic mass is 16.6. The van der Waals surface area contributed by atoms with E-state index < -0.39 is 30.6 Å². The van der Waals surface area contributed by atoms with E-state index in [4.69, 9.17) is 23.7 Å². The van der Waals surface area contributed by atoms with Gasteiger partial charge in [-0.3, -0.25) is 4.79 Å². The Kier molecular flexibility index (Phi) is 11.7. The molecule has 66 heavy (non-hydrogen) atoms. The number of hydrogen-bond donors (Lipinski definition) is 1. The Labute approximate surface area is 383 Å². The Bertz CT molecular complexity index is 3140. The van der Waals surface area contributed by atoms with Gasteiger partial charge in [0.15, 0.2) is 6.23 Å². The van der Waals surface area contributed by atoms with Crippen molar-refractivity contribution >= 4 is 49.5 Å². The molecule has 2 aliphatic rings. The van der Waals surface area contributed by atoms with Crippen molar-refractivity contribution in [2.24, 2.45) is 0 Å². The Balaban J connectivity index is 1.08. The monoisotopic (exact) mass is 877 g/mol. The van der Waals surface area contributed by atoms with Crippen molar-refractivity contribution in [3.63, 3.8) is 0 Å². The summed E-state index contributed by atoms with van der Waals surface area (Å²) in [7, 11) is 0. The summed E-state index contributed by atoms with van der Waals surface area (Å²) in [5.41, 5.74) is 9.09. The van der Waals surface area contributed by atoms with Gasteiger partial charge in [0.05, 0.1) is 60.2 Å². The number of para-hydroxylation sites is 2. The first-order valence-corrected chi connectivity index (χ1v) is 22.7. The molecule has 4 heterocycles. The van der Waals surface area contributed by atoms with Crippen LogP contribution in [0.3, 0.4) is 0 Å². The van der Waals surface area contributed by atoms with Crippen LogP contribution in [0, 0.1) is 0 Å². The van der Waals surface area contributed by atoms with E-state index in [1.807, 2.05) is 146 Å². The van der Waals surface area contributed by atoms with Gasteiger partial charge in [-0.1, -0.05) is 158 Å². The summed E-state index contributed by atoms with van der Waals surface area (Å²) in [5, 5.41) is 16.6. The van der Waals surface area contributed by atoms with Gasteiger partial charge in [-0.25, -0.2) is 0 Å². The second-order valence-corrected chi connectivity index (χ2v) is 17.3. The van der Waals surface area contributed by atoms with Crippen LogP contribution in [0.5, 0.6) is 0 Å². The molecule has 7 aromatic carbocycles. The number of rotatable bonds is 15. The lowest BCUT2D eigenvalue weighted by molar-refractivity contribution is -0.265. The fourth-order valence-corrected chi connectivity index (χ4v) is 10.0. The first-order chi connectivity index (χ1) is 32.5. The van der Waals surface area contributed by atoms with Crippen molar-refractivity contribution < 1.29 is 33.6 Å². The summed E-state index contributed by atoms with van der Waals surface area (Å²) in [6, 6.07) is 56.6. The maximum absolute atomic E-state index is 15.1. The molecule has 11 rings (SSSR count). The Morgan fingerprint density at radius 1 is 0.561 bits per heavy atom. The molecule has 332 valence electrons. The number of aliphatic hydroxyl groups excluding tert-OH is 1. The molecule has 1 fully saturated rings. The molecule has 1 amide bonds. The molecule has 9 aromatic rings. The van der Waals surface area contributed by atoms with Crippen LogP contribution in [-0.4, -0.2) is 56.2 Å². The molecule has 10 heteroatoms. The Morgan fingerprint density at radius 3 is 1.64 bits per heavy atom. The lowest BCUT2D eigenvalue weighted by Gasteiger charge is -2.44. The van der Waals surface area contributed by atoms with Crippen molar-refractivity contribution in [2.45, 2.75) is 77.3 Å². The minimum absolute atomic E-state index is 0.109. The van der Waals surface area contributed by atoms with Crippen LogP contribution in [0.2, 0.25) is 0 Å². The molecule has 0 spiro atoms. The van der Waals surface area contributed by atoms with Crippen molar-refractivity contribution in [3.8, 4) is 0 Å². The zero-order valence-corrected chi connectivity index (χ0v) is 36.7. The number of benzene rings is 7. The van der Waals surface area contributed by atoms with Crippen LogP contribution < -0.4 is 0 Å². The fourth-order valence-electron chi connectivity index (χ4n) is 10.0. The zero-order chi connectivity index (χ0) is 44.6. The number of amides is 1. The maximum Gasteiger partial charge on any atom is 0.257 e. The Hall–Kier alpha value is -6.63. The van der Waals surface area contributed by atoms with Crippen molar-refractivity contribution in [2.75, 3.05) is 6.73 Å². The van der Waals surface area contributed by atoms with Crippen molar-refractivity contribution in [3.05, 3.63) is 203 Å². The highest BCUT2D eigenvalue weighted by Gasteiger charge is 2.48. The molecule has 2 aromatic heterocycles. The fraction of sp³-hybridized carbons (Fsp3) is 0.232. The highest BCUT2D eigenvalue weighted by Crippen LogP contribution is 2.49. The molecule has 0 unspecified atom stereocenters. The van der Waals surface area contributed by atoms with E-state index in [9.17, 15) is 5.11 Å². The van der Waals surface area contributed by atoms with Crippen LogP contribution >= 0.6 is 0 Å². The average molecular weight is 878 g/mol. The number of hydrogen-bond acceptors (Lipinski definition) is 7. The van der Waals surface area contributed by atoms with Crippen molar-refractivity contribution in [1.82, 2.24) is 14.0 Å². The van der Waals surface area contributed by atoms with E-state index in [0.29, 0.717) is 31.9 Å². The number of aliphatic hydroxyl groups is 1. The third-order valence-electron chi connectivity index (χ3n) is 13.1. The number of carbonyl (C=O) groups excluding carboxylic acids is 1. The SMILES string of the molecule is C[C@@H]1O[C@H](n2c3ccccc3c3c4c(c5c6ccccc6n(COCc6ccccc6)c5c32)CN(COCc2ccccc2)C4=O)[C@@H](O)[C@H](OCc2ccccc2)[C@H]1OCc1ccccc1. The molecule has 0 bridgehead atoms. The molecule has 1 saturated heterocycles. The maximum atomic E-state index is 15.1. The molecule has 0 aliphatic carbocycles. The van der Waals surface area contributed by atoms with E-state index in [2.05, 4.69) is 39.5 Å². The normalized spacial score (nSPS) is 19.7. The van der Waals surface area contributed by atoms with Crippen LogP contribution in [0.15, 0.2) is 170 Å². The van der Waals surface area contributed by atoms with Gasteiger partial charge in [0.2, 0.25) is 0 Å². The number of aromatic nitrogens is 2. The smallest absolute Gasteiger partial charge is 0.257 e. The summed E-state index contributed by atoms with van der Waals surface area (Å²) in [6.45, 7) is 4.07. The molecule has 0 radical (unpaired) electrons. The van der Waals surface area contributed by atoms with Gasteiger partial charge < -0.3 is 42.8 Å². The number of carbonyl (C=O) groups is 1. The second kappa shape index (κ2) is 18.3. The topological polar surface area (TPSA) is 96.6 Å². The summed E-state index contributed by atoms with van der Waals surface area (Å²) in [6.07, 6.45) is -4.05. The van der Waals surface area contributed by atoms with Crippen LogP contribution in [0.4, 0.5) is 0 Å². The quantitative estimate of drug-likeness (QED) is 0.110. The van der Waals surface area contributed by atoms with Gasteiger partial charge in [0, 0.05) is 28.1 Å². The van der Waals surface area contributed by atoms with E-state index in [-0.39, 0.29) is 26.0 Å². The molecular formula is C56H51N3O7. The van der Waals surface area contributed by atoms with Gasteiger partial charge in [-0.05, 0) is 46.9 Å². The van der Waals surface area contributed by atoms with E-state index in [1.54, 1.807) is 4.90 Å². The molecule has 2 aliphatic heterocycles. The van der Waals surface area contributed by atoms with Crippen LogP contribution in [-0.2, 0) is 63.4 Å². The summed E-state index contributed by atoms with van der Waals surface area (Å²) < 4.78 is 37.6. The number of ether oxygens (including phenoxy) is 5. The van der Waals surface area contributed by atoms with Gasteiger partial charge in [-0.2, -0.15) is 0 Å². The standard InChI is InChI=1S/C56H51N3O7/c1-37-53(64-33-40-22-10-4-11-23-40)54(65-34-41-24-12-5-13-25-41)52(60)56(66-37)59-46-29-17-15-27-43(46)48-49-44(30-57(55(49)61)35-62-31-38-18-6-2-7-19-38)47-42-26-14-16-28-45(42)58(50(47)51(48)59)36-63-32-39-20-8-3-9-21-39/h2-29,37,52-54,56,60H,30-36H2,1H3/t37-,52-,53-,54-,56-/m0/s1. The molecule has 5 atom stereocenters. The molecular weight excluding hydrogens is 827 g/mol. The number of fused-ring (bicyclic) bond motifs is 10. The first-order valence-electron chi connectivity index (χ1n) is 22.7. The lowest BCUT2D eigenvalue weighted by Crippen LogP contribution is -2.56. The summed E-state index contributed by atoms with van der Waals surface area (Å²) >= 11 is 0. The number of nitrogens with zero attached hydrogens (tertiary/aromatic N) is 3. The predicted molar refractivity (Wildman–Crippen MR) is 255 cm³/mol. The van der Waals surface area contributed by atoms with Gasteiger partial charge >= 0.3 is 0 Å². The van der Waals surface area contributed by atoms with Crippen LogP contribution in [0.1, 0.15) is 51.3 Å². The molecule has 10 nitrogen and oxygen atoms in total. The zero-order valence-electron chi connectivity index (χ0n) is 36.7. The van der Waals surface area contributed by atoms with Gasteiger partial charge in [0.1, 0.15) is 31.8 Å². The van der Waals surface area contributed by atoms with E-state index >= 15 is 4.79 Å². The third-order valence-corrected chi connectivity index (χ3v) is 13.1. The highest BCUT2D eigenvalue weighted by molar-refractivity contribution is 6.30. The first kappa shape index (κ1) is 42.0. The van der Waals surface area contributed by atoms with E-state index in [1.165, 1.54) is 0 Å². The third kappa shape index (κ3) is 7.75. The second-order valence-electron chi connectivity index (χ2n) is 17.3. The van der Waals surface area contributed by atoms with E-state index in [0.717, 1.165) is 71.4 Å².